The summed E-state index contributed by atoms with van der Waals surface area (Å²) in [6, 6.07) is 0. The molecule has 0 heterocycles. The Morgan fingerprint density at radius 1 is 1.80 bits per heavy atom. The first-order valence-electron chi connectivity index (χ1n) is 0.931. The smallest absolute Gasteiger partial charge is 0 e. The summed E-state index contributed by atoms with van der Waals surface area (Å²) in [6.45, 7) is 6.00. The summed E-state index contributed by atoms with van der Waals surface area (Å²) in [7, 11) is 0. The average Bonchev–Trinajstić information content (AvgIpc) is 0.811. The van der Waals surface area contributed by atoms with Crippen molar-refractivity contribution in [2.75, 3.05) is 0 Å². The summed E-state index contributed by atoms with van der Waals surface area (Å²) in [6.07, 6.45) is 0. The second-order valence-corrected chi connectivity index (χ2v) is 0.566. The Kier molecular flexibility index (Phi) is 4.80. The Balaban J connectivity index is 0. The fourth-order valence-corrected chi connectivity index (χ4v) is 0. The summed E-state index contributed by atoms with van der Waals surface area (Å²) < 4.78 is 0. The Bertz CT molecular complexity index is 29.9. The summed E-state index contributed by atoms with van der Waals surface area (Å²) >= 11 is 0. The van der Waals surface area contributed by atoms with Crippen molar-refractivity contribution in [1.29, 1.82) is 0 Å². The van der Waals surface area contributed by atoms with Gasteiger partial charge in [0.2, 0.25) is 0 Å². The van der Waals surface area contributed by atoms with Gasteiger partial charge in [0.15, 0.2) is 0 Å². The van der Waals surface area contributed by atoms with E-state index in [-0.39, 0.29) is 5.76 Å². The molecule has 0 fully saturated rings. The van der Waals surface area contributed by atoms with Crippen LogP contribution in [0, 0.1) is 6.92 Å². The second kappa shape index (κ2) is 2.41. The molecule has 0 amide bonds. The molecule has 0 bridgehead atoms. The zero-order valence-electron chi connectivity index (χ0n) is 3.07. The summed E-state index contributed by atoms with van der Waals surface area (Å²) in [4.78, 5) is 0. The van der Waals surface area contributed by atoms with Crippen molar-refractivity contribution in [3.05, 3.63) is 19.3 Å². The van der Waals surface area contributed by atoms with Crippen LogP contribution in [0.4, 0.5) is 0 Å². The zero-order valence-corrected chi connectivity index (χ0v) is 9.47. The summed E-state index contributed by atoms with van der Waals surface area (Å²) in [5.74, 6) is -0.0833. The fourth-order valence-electron chi connectivity index (χ4n) is 0. The maximum absolute atomic E-state index is 7.75. The SMILES string of the molecule is C=C([CH2-])O.[Rf]. The molecule has 1 nitrogen and oxygen atoms in total. The molecule has 0 aromatic rings. The number of allylic oxidation sites excluding steroid dienone is 1. The Morgan fingerprint density at radius 3 is 1.80 bits per heavy atom. The second-order valence-electron chi connectivity index (χ2n) is 0.566. The molecule has 0 aromatic carbocycles. The monoisotopic (exact) mass is 324 g/mol. The molecule has 26 valence electrons. The van der Waals surface area contributed by atoms with Crippen molar-refractivity contribution >= 4 is 0 Å². The molecule has 0 rings (SSSR count). The number of aliphatic hydroxyl groups excluding tert-OH is 1. The molecule has 0 radical (unpaired) electrons. The van der Waals surface area contributed by atoms with Crippen LogP contribution >= 0.6 is 0 Å². The third-order valence-corrected chi connectivity index (χ3v) is 0. The predicted molar refractivity (Wildman–Crippen MR) is 17.1 cm³/mol. The van der Waals surface area contributed by atoms with E-state index in [4.69, 9.17) is 5.11 Å². The van der Waals surface area contributed by atoms with Crippen molar-refractivity contribution in [3.63, 3.8) is 0 Å². The van der Waals surface area contributed by atoms with Gasteiger partial charge in [-0.05, 0) is 0 Å². The minimum atomic E-state index is -0.0833. The average molecular weight is 324 g/mol. The molecule has 0 aliphatic heterocycles. The van der Waals surface area contributed by atoms with Crippen molar-refractivity contribution in [3.8, 4) is 0 Å². The van der Waals surface area contributed by atoms with Crippen LogP contribution in [0.2, 0.25) is 0 Å². The van der Waals surface area contributed by atoms with Gasteiger partial charge >= 0.3 is 0 Å². The molecule has 0 unspecified atom stereocenters. The van der Waals surface area contributed by atoms with E-state index in [0.717, 1.165) is 0 Å². The van der Waals surface area contributed by atoms with Crippen LogP contribution in [0.5, 0.6) is 0 Å². The molecule has 1 N–H and O–H groups in total. The van der Waals surface area contributed by atoms with Gasteiger partial charge in [0, 0.05) is 0 Å². The largest absolute Gasteiger partial charge is 0.546 e. The first-order valence-corrected chi connectivity index (χ1v) is 0.931. The van der Waals surface area contributed by atoms with Crippen molar-refractivity contribution in [2.45, 2.75) is 0 Å². The van der Waals surface area contributed by atoms with E-state index in [1.54, 1.807) is 0 Å². The Hall–Kier alpha value is -1.59. The van der Waals surface area contributed by atoms with Gasteiger partial charge in [-0.2, -0.15) is 0 Å². The molecular weight excluding hydrogens is 319 g/mol. The van der Waals surface area contributed by atoms with Gasteiger partial charge in [-0.25, -0.2) is 13.5 Å². The van der Waals surface area contributed by atoms with Gasteiger partial charge in [0.25, 0.3) is 0 Å². The Morgan fingerprint density at radius 2 is 1.80 bits per heavy atom. The topological polar surface area (TPSA) is 20.2 Å². The van der Waals surface area contributed by atoms with E-state index < -0.39 is 0 Å². The van der Waals surface area contributed by atoms with Crippen molar-refractivity contribution < 1.29 is 5.11 Å². The summed E-state index contributed by atoms with van der Waals surface area (Å²) in [5.41, 5.74) is 0. The van der Waals surface area contributed by atoms with E-state index in [0.29, 0.717) is 0 Å². The van der Waals surface area contributed by atoms with Crippen LogP contribution in [-0.2, 0) is 0 Å². The first-order chi connectivity index (χ1) is 1.73. The molecule has 0 saturated carbocycles. The van der Waals surface area contributed by atoms with Gasteiger partial charge in [-0.3, -0.25) is 0 Å². The fraction of sp³-hybridized carbons (Fsp3) is 0. The molecule has 0 aliphatic carbocycles. The quantitative estimate of drug-likeness (QED) is 0.518. The van der Waals surface area contributed by atoms with Gasteiger partial charge in [0.05, 0.1) is 0 Å². The number of aliphatic hydroxyl groups is 1. The van der Waals surface area contributed by atoms with Crippen molar-refractivity contribution in [2.24, 2.45) is 0 Å². The standard InChI is InChI=1S/C3H5O.Rf/c1-3(2)4;/h4H,1-2H2;/q-1;. The summed E-state index contributed by atoms with van der Waals surface area (Å²) in [5, 5.41) is 7.75. The van der Waals surface area contributed by atoms with Gasteiger partial charge in [-0.1, -0.05) is 5.76 Å². The van der Waals surface area contributed by atoms with Gasteiger partial charge in [-0.15, -0.1) is 0 Å². The minimum Gasteiger partial charge on any atom is -0.546 e. The molecule has 0 saturated heterocycles. The van der Waals surface area contributed by atoms with Crippen LogP contribution < -0.4 is 0 Å². The van der Waals surface area contributed by atoms with Crippen LogP contribution in [-0.4, -0.2) is 5.11 Å². The molecule has 2 heteroatoms. The minimum absolute atomic E-state index is 0. The van der Waals surface area contributed by atoms with E-state index in [9.17, 15) is 0 Å². The van der Waals surface area contributed by atoms with Gasteiger partial charge in [0.1, 0.15) is 0 Å². The van der Waals surface area contributed by atoms with Crippen LogP contribution in [0.25, 0.3) is 0 Å². The van der Waals surface area contributed by atoms with Crippen molar-refractivity contribution in [1.82, 2.24) is 0 Å². The van der Waals surface area contributed by atoms with Gasteiger partial charge < -0.3 is 5.11 Å². The third kappa shape index (κ3) is 0.160. The molecule has 0 aliphatic rings. The number of hydrogen-bond donors (Lipinski definition) is 1. The van der Waals surface area contributed by atoms with Crippen LogP contribution in [0.3, 0.4) is 0 Å². The Labute approximate surface area is 25.6 Å². The predicted octanol–water partition coefficient (Wildman–Crippen LogP) is 0.892. The number of rotatable bonds is 0. The third-order valence-electron chi connectivity index (χ3n) is 0. The molecule has 0 atom stereocenters. The molecule has 0 spiro atoms. The molecule has 5 heavy (non-hydrogen) atoms. The number of hydrogen-bond acceptors (Lipinski definition) is 1. The maximum Gasteiger partial charge on any atom is 0 e. The molecule has 0 aromatic heterocycles. The zero-order chi connectivity index (χ0) is 3.58. The van der Waals surface area contributed by atoms with Crippen LogP contribution in [0.15, 0.2) is 12.3 Å². The normalized spacial score (nSPS) is 4.80. The first kappa shape index (κ1) is 9.96. The van der Waals surface area contributed by atoms with E-state index in [1.807, 2.05) is 0 Å². The van der Waals surface area contributed by atoms with Crippen LogP contribution in [0.1, 0.15) is 0 Å². The maximum atomic E-state index is 7.75. The van der Waals surface area contributed by atoms with E-state index in [1.165, 1.54) is 0 Å². The van der Waals surface area contributed by atoms with E-state index >= 15 is 0 Å². The molecular formula is C3H5ORf-. The van der Waals surface area contributed by atoms with E-state index in [2.05, 4.69) is 13.5 Å².